The lowest BCUT2D eigenvalue weighted by molar-refractivity contribution is -0.137. The van der Waals surface area contributed by atoms with Crippen LogP contribution in [0, 0.1) is 0 Å². The minimum absolute atomic E-state index is 0.333. The molecule has 0 aliphatic carbocycles. The maximum atomic E-state index is 11.1. The highest BCUT2D eigenvalue weighted by atomic mass is 16.5. The largest absolute Gasteiger partial charge is 0.489 e. The van der Waals surface area contributed by atoms with Gasteiger partial charge in [-0.2, -0.15) is 0 Å². The number of carbonyl (C=O) groups is 1. The van der Waals surface area contributed by atoms with Gasteiger partial charge in [0.25, 0.3) is 0 Å². The molecule has 0 atom stereocenters. The van der Waals surface area contributed by atoms with Crippen LogP contribution < -0.4 is 4.74 Å². The Kier molecular flexibility index (Phi) is 5.71. The molecule has 0 aliphatic rings. The molecule has 3 nitrogen and oxygen atoms in total. The molecule has 0 saturated heterocycles. The molecule has 0 heterocycles. The van der Waals surface area contributed by atoms with Gasteiger partial charge in [-0.1, -0.05) is 18.7 Å². The first-order chi connectivity index (χ1) is 8.61. The highest BCUT2D eigenvalue weighted by Crippen LogP contribution is 2.13. The third-order valence-electron chi connectivity index (χ3n) is 2.06. The first kappa shape index (κ1) is 14.0. The molecule has 0 N–H and O–H groups in total. The molecule has 0 unspecified atom stereocenters. The van der Waals surface area contributed by atoms with Crippen molar-refractivity contribution in [3.8, 4) is 5.75 Å². The molecule has 1 aromatic carbocycles. The van der Waals surface area contributed by atoms with E-state index in [-0.39, 0.29) is 5.97 Å². The molecule has 0 aliphatic heterocycles. The summed E-state index contributed by atoms with van der Waals surface area (Å²) >= 11 is 0. The number of benzene rings is 1. The smallest absolute Gasteiger partial charge is 0.330 e. The van der Waals surface area contributed by atoms with E-state index in [4.69, 9.17) is 9.47 Å². The van der Waals surface area contributed by atoms with Gasteiger partial charge >= 0.3 is 5.97 Å². The Morgan fingerprint density at radius 2 is 2.00 bits per heavy atom. The minimum atomic E-state index is -0.333. The molecular formula is C15H18O3. The SMILES string of the molecule is C=C(C)COc1ccc(/C=C/C(=O)OCC)cc1. The van der Waals surface area contributed by atoms with Crippen LogP contribution in [0.15, 0.2) is 42.5 Å². The molecular weight excluding hydrogens is 228 g/mol. The van der Waals surface area contributed by atoms with Crippen molar-refractivity contribution in [3.05, 3.63) is 48.1 Å². The highest BCUT2D eigenvalue weighted by Gasteiger charge is 1.96. The molecule has 0 radical (unpaired) electrons. The average Bonchev–Trinajstić information content (AvgIpc) is 2.35. The molecule has 3 heteroatoms. The molecule has 0 amide bonds. The van der Waals surface area contributed by atoms with E-state index < -0.39 is 0 Å². The Morgan fingerprint density at radius 1 is 1.33 bits per heavy atom. The van der Waals surface area contributed by atoms with Crippen LogP contribution >= 0.6 is 0 Å². The topological polar surface area (TPSA) is 35.5 Å². The molecule has 1 aromatic rings. The van der Waals surface area contributed by atoms with Crippen LogP contribution in [-0.2, 0) is 9.53 Å². The monoisotopic (exact) mass is 246 g/mol. The molecule has 0 aromatic heterocycles. The van der Waals surface area contributed by atoms with Gasteiger partial charge in [-0.05, 0) is 43.2 Å². The van der Waals surface area contributed by atoms with Gasteiger partial charge in [-0.3, -0.25) is 0 Å². The number of esters is 1. The standard InChI is InChI=1S/C15H18O3/c1-4-17-15(16)10-7-13-5-8-14(9-6-13)18-11-12(2)3/h5-10H,2,4,11H2,1,3H3/b10-7+. The molecule has 0 saturated carbocycles. The van der Waals surface area contributed by atoms with Crippen molar-refractivity contribution >= 4 is 12.0 Å². The van der Waals surface area contributed by atoms with E-state index in [0.717, 1.165) is 16.9 Å². The summed E-state index contributed by atoms with van der Waals surface area (Å²) < 4.78 is 10.3. The molecule has 0 bridgehead atoms. The average molecular weight is 246 g/mol. The third-order valence-corrected chi connectivity index (χ3v) is 2.06. The first-order valence-corrected chi connectivity index (χ1v) is 5.84. The molecule has 1 rings (SSSR count). The molecule has 96 valence electrons. The number of hydrogen-bond acceptors (Lipinski definition) is 3. The lowest BCUT2D eigenvalue weighted by Gasteiger charge is -2.05. The van der Waals surface area contributed by atoms with Gasteiger partial charge in [0.15, 0.2) is 0 Å². The second kappa shape index (κ2) is 7.33. The van der Waals surface area contributed by atoms with E-state index in [1.165, 1.54) is 6.08 Å². The van der Waals surface area contributed by atoms with Crippen LogP contribution in [-0.4, -0.2) is 19.2 Å². The summed E-state index contributed by atoms with van der Waals surface area (Å²) in [5.74, 6) is 0.450. The maximum Gasteiger partial charge on any atom is 0.330 e. The van der Waals surface area contributed by atoms with Crippen LogP contribution in [0.3, 0.4) is 0 Å². The van der Waals surface area contributed by atoms with Crippen LogP contribution in [0.2, 0.25) is 0 Å². The van der Waals surface area contributed by atoms with E-state index >= 15 is 0 Å². The van der Waals surface area contributed by atoms with Crippen LogP contribution in [0.4, 0.5) is 0 Å². The Morgan fingerprint density at radius 3 is 2.56 bits per heavy atom. The Labute approximate surface area is 108 Å². The Balaban J connectivity index is 2.54. The van der Waals surface area contributed by atoms with Crippen LogP contribution in [0.25, 0.3) is 6.08 Å². The summed E-state index contributed by atoms with van der Waals surface area (Å²) in [6.45, 7) is 8.35. The van der Waals surface area contributed by atoms with E-state index in [0.29, 0.717) is 13.2 Å². The second-order valence-electron chi connectivity index (χ2n) is 3.90. The summed E-state index contributed by atoms with van der Waals surface area (Å²) in [5.41, 5.74) is 1.90. The minimum Gasteiger partial charge on any atom is -0.489 e. The van der Waals surface area contributed by atoms with Gasteiger partial charge < -0.3 is 9.47 Å². The summed E-state index contributed by atoms with van der Waals surface area (Å²) in [5, 5.41) is 0. The summed E-state index contributed by atoms with van der Waals surface area (Å²) in [6, 6.07) is 7.47. The lowest BCUT2D eigenvalue weighted by atomic mass is 10.2. The summed E-state index contributed by atoms with van der Waals surface area (Å²) in [4.78, 5) is 11.1. The second-order valence-corrected chi connectivity index (χ2v) is 3.90. The van der Waals surface area contributed by atoms with E-state index in [1.807, 2.05) is 31.2 Å². The van der Waals surface area contributed by atoms with Gasteiger partial charge in [-0.15, -0.1) is 0 Å². The van der Waals surface area contributed by atoms with Crippen molar-refractivity contribution < 1.29 is 14.3 Å². The number of carbonyl (C=O) groups excluding carboxylic acids is 1. The molecule has 18 heavy (non-hydrogen) atoms. The number of rotatable bonds is 6. The fourth-order valence-electron chi connectivity index (χ4n) is 1.24. The van der Waals surface area contributed by atoms with Crippen molar-refractivity contribution in [1.29, 1.82) is 0 Å². The van der Waals surface area contributed by atoms with Gasteiger partial charge in [0.1, 0.15) is 12.4 Å². The number of ether oxygens (including phenoxy) is 2. The Bertz CT molecular complexity index is 430. The normalized spacial score (nSPS) is 10.3. The van der Waals surface area contributed by atoms with Crippen LogP contribution in [0.5, 0.6) is 5.75 Å². The fourth-order valence-corrected chi connectivity index (χ4v) is 1.24. The van der Waals surface area contributed by atoms with Crippen molar-refractivity contribution in [2.45, 2.75) is 13.8 Å². The van der Waals surface area contributed by atoms with Gasteiger partial charge in [0.2, 0.25) is 0 Å². The quantitative estimate of drug-likeness (QED) is 0.439. The zero-order valence-electron chi connectivity index (χ0n) is 10.8. The maximum absolute atomic E-state index is 11.1. The molecule has 0 spiro atoms. The number of hydrogen-bond donors (Lipinski definition) is 0. The predicted octanol–water partition coefficient (Wildman–Crippen LogP) is 3.22. The Hall–Kier alpha value is -2.03. The van der Waals surface area contributed by atoms with Crippen molar-refractivity contribution in [2.75, 3.05) is 13.2 Å². The lowest BCUT2D eigenvalue weighted by Crippen LogP contribution is -1.98. The predicted molar refractivity (Wildman–Crippen MR) is 72.4 cm³/mol. The van der Waals surface area contributed by atoms with E-state index in [1.54, 1.807) is 13.0 Å². The molecule has 0 fully saturated rings. The third kappa shape index (κ3) is 5.34. The van der Waals surface area contributed by atoms with E-state index in [9.17, 15) is 4.79 Å². The fraction of sp³-hybridized carbons (Fsp3) is 0.267. The zero-order valence-corrected chi connectivity index (χ0v) is 10.8. The van der Waals surface area contributed by atoms with Crippen LogP contribution in [0.1, 0.15) is 19.4 Å². The highest BCUT2D eigenvalue weighted by molar-refractivity contribution is 5.87. The van der Waals surface area contributed by atoms with Gasteiger partial charge in [-0.25, -0.2) is 4.79 Å². The zero-order chi connectivity index (χ0) is 13.4. The first-order valence-electron chi connectivity index (χ1n) is 5.84. The van der Waals surface area contributed by atoms with Gasteiger partial charge in [0, 0.05) is 6.08 Å². The van der Waals surface area contributed by atoms with Crippen molar-refractivity contribution in [1.82, 2.24) is 0 Å². The summed E-state index contributed by atoms with van der Waals surface area (Å²) in [7, 11) is 0. The van der Waals surface area contributed by atoms with Crippen molar-refractivity contribution in [2.24, 2.45) is 0 Å². The van der Waals surface area contributed by atoms with E-state index in [2.05, 4.69) is 6.58 Å². The van der Waals surface area contributed by atoms with Crippen molar-refractivity contribution in [3.63, 3.8) is 0 Å². The van der Waals surface area contributed by atoms with Gasteiger partial charge in [0.05, 0.1) is 6.61 Å². The summed E-state index contributed by atoms with van der Waals surface area (Å²) in [6.07, 6.45) is 3.12.